The van der Waals surface area contributed by atoms with Crippen LogP contribution in [0.2, 0.25) is 0 Å². The molecule has 5 heteroatoms. The maximum atomic E-state index is 4.49. The van der Waals surface area contributed by atoms with Crippen LogP contribution in [0.25, 0.3) is 0 Å². The zero-order valence-electron chi connectivity index (χ0n) is 16.2. The smallest absolute Gasteiger partial charge is 0.128 e. The van der Waals surface area contributed by atoms with E-state index in [4.69, 9.17) is 0 Å². The Balaban J connectivity index is 1.23. The second-order valence-electron chi connectivity index (χ2n) is 8.21. The summed E-state index contributed by atoms with van der Waals surface area (Å²) >= 11 is 0. The summed E-state index contributed by atoms with van der Waals surface area (Å²) in [6, 6.07) is 16.2. The van der Waals surface area contributed by atoms with Crippen LogP contribution in [-0.2, 0) is 0 Å². The van der Waals surface area contributed by atoms with Gasteiger partial charge in [0.2, 0.25) is 0 Å². The first-order valence-electron chi connectivity index (χ1n) is 10.2. The Kier molecular flexibility index (Phi) is 4.40. The minimum atomic E-state index is 0.711. The van der Waals surface area contributed by atoms with Crippen LogP contribution in [0.1, 0.15) is 6.42 Å². The number of fused-ring (bicyclic) bond motifs is 1. The Bertz CT molecular complexity index is 754. The van der Waals surface area contributed by atoms with E-state index in [2.05, 4.69) is 68.0 Å². The van der Waals surface area contributed by atoms with Gasteiger partial charge >= 0.3 is 0 Å². The Morgan fingerprint density at radius 3 is 2.30 bits per heavy atom. The van der Waals surface area contributed by atoms with E-state index in [1.807, 2.05) is 12.3 Å². The maximum absolute atomic E-state index is 4.49. The fourth-order valence-corrected chi connectivity index (χ4v) is 5.08. The molecule has 0 spiro atoms. The minimum Gasteiger partial charge on any atom is -0.368 e. The highest BCUT2D eigenvalue weighted by Gasteiger charge is 2.39. The number of nitrogens with zero attached hydrogens (tertiary/aromatic N) is 5. The fraction of sp³-hybridized carbons (Fsp3) is 0.500. The summed E-state index contributed by atoms with van der Waals surface area (Å²) in [4.78, 5) is 14.5. The molecular weight excluding hydrogens is 334 g/mol. The molecule has 5 nitrogen and oxygen atoms in total. The highest BCUT2D eigenvalue weighted by molar-refractivity contribution is 5.58. The van der Waals surface area contributed by atoms with Crippen LogP contribution in [0, 0.1) is 5.92 Å². The Labute approximate surface area is 162 Å². The van der Waals surface area contributed by atoms with Gasteiger partial charge in [0.1, 0.15) is 5.82 Å². The van der Waals surface area contributed by atoms with Gasteiger partial charge in [0.15, 0.2) is 0 Å². The third kappa shape index (κ3) is 3.25. The first kappa shape index (κ1) is 16.9. The molecule has 0 aliphatic carbocycles. The van der Waals surface area contributed by atoms with Crippen molar-refractivity contribution in [2.45, 2.75) is 12.5 Å². The van der Waals surface area contributed by atoms with Crippen LogP contribution in [0.15, 0.2) is 48.7 Å². The van der Waals surface area contributed by atoms with Crippen molar-refractivity contribution in [2.75, 3.05) is 67.6 Å². The van der Waals surface area contributed by atoms with Gasteiger partial charge in [0.05, 0.1) is 0 Å². The minimum absolute atomic E-state index is 0.711. The molecule has 3 fully saturated rings. The van der Waals surface area contributed by atoms with E-state index in [9.17, 15) is 0 Å². The normalized spacial score (nSPS) is 25.9. The Morgan fingerprint density at radius 1 is 0.815 bits per heavy atom. The van der Waals surface area contributed by atoms with Crippen molar-refractivity contribution in [3.05, 3.63) is 48.7 Å². The summed E-state index contributed by atoms with van der Waals surface area (Å²) in [5, 5.41) is 0. The van der Waals surface area contributed by atoms with Gasteiger partial charge in [-0.1, -0.05) is 6.07 Å². The van der Waals surface area contributed by atoms with E-state index in [0.717, 1.165) is 37.9 Å². The van der Waals surface area contributed by atoms with Crippen molar-refractivity contribution in [1.82, 2.24) is 9.88 Å². The third-order valence-corrected chi connectivity index (χ3v) is 6.53. The van der Waals surface area contributed by atoms with E-state index < -0.39 is 0 Å². The van der Waals surface area contributed by atoms with Crippen molar-refractivity contribution < 1.29 is 0 Å². The van der Waals surface area contributed by atoms with Crippen molar-refractivity contribution in [3.63, 3.8) is 0 Å². The summed E-state index contributed by atoms with van der Waals surface area (Å²) in [5.74, 6) is 1.95. The highest BCUT2D eigenvalue weighted by Crippen LogP contribution is 2.35. The molecule has 3 aliphatic heterocycles. The van der Waals surface area contributed by atoms with Gasteiger partial charge in [0, 0.05) is 69.4 Å². The number of benzene rings is 1. The molecule has 1 aromatic heterocycles. The molecule has 3 saturated heterocycles. The number of rotatable bonds is 3. The number of anilines is 3. The number of likely N-dealkylation sites (N-methyl/N-ethyl adjacent to an activating group) is 1. The molecule has 0 bridgehead atoms. The number of piperazine rings is 1. The summed E-state index contributed by atoms with van der Waals surface area (Å²) in [7, 11) is 2.25. The van der Waals surface area contributed by atoms with E-state index in [1.165, 1.54) is 37.4 Å². The van der Waals surface area contributed by atoms with Gasteiger partial charge < -0.3 is 19.6 Å². The van der Waals surface area contributed by atoms with Crippen LogP contribution in [0.5, 0.6) is 0 Å². The predicted octanol–water partition coefficient (Wildman–Crippen LogP) is 2.55. The number of aromatic nitrogens is 1. The largest absolute Gasteiger partial charge is 0.368 e. The number of hydrogen-bond donors (Lipinski definition) is 0. The second kappa shape index (κ2) is 7.04. The summed E-state index contributed by atoms with van der Waals surface area (Å²) in [6.45, 7) is 7.85. The molecule has 0 radical (unpaired) electrons. The number of pyridine rings is 1. The Morgan fingerprint density at radius 2 is 1.56 bits per heavy atom. The number of likely N-dealkylation sites (tertiary alicyclic amines) is 1. The zero-order valence-corrected chi connectivity index (χ0v) is 16.2. The molecule has 1 aromatic carbocycles. The average Bonchev–Trinajstić information content (AvgIpc) is 3.28. The predicted molar refractivity (Wildman–Crippen MR) is 112 cm³/mol. The fourth-order valence-electron chi connectivity index (χ4n) is 5.08. The standard InChI is InChI=1S/C22H29N5/c1-24-16-18-9-11-27(21(18)17-24)20-7-5-19(6-8-20)25-12-14-26(15-13-25)22-4-2-3-10-23-22/h2-8,10,18,21H,9,11-17H2,1H3/t18-,21+/m1/s1. The van der Waals surface area contributed by atoms with E-state index >= 15 is 0 Å². The quantitative estimate of drug-likeness (QED) is 0.835. The van der Waals surface area contributed by atoms with Crippen LogP contribution >= 0.6 is 0 Å². The van der Waals surface area contributed by atoms with Crippen LogP contribution < -0.4 is 14.7 Å². The summed E-state index contributed by atoms with van der Waals surface area (Å²) in [6.07, 6.45) is 3.22. The molecule has 142 valence electrons. The molecule has 2 aromatic rings. The lowest BCUT2D eigenvalue weighted by Gasteiger charge is -2.37. The zero-order chi connectivity index (χ0) is 18.2. The maximum Gasteiger partial charge on any atom is 0.128 e. The molecule has 4 heterocycles. The van der Waals surface area contributed by atoms with E-state index in [0.29, 0.717) is 6.04 Å². The van der Waals surface area contributed by atoms with Gasteiger partial charge in [-0.2, -0.15) is 0 Å². The van der Waals surface area contributed by atoms with E-state index in [1.54, 1.807) is 0 Å². The van der Waals surface area contributed by atoms with Gasteiger partial charge in [-0.25, -0.2) is 4.98 Å². The van der Waals surface area contributed by atoms with Gasteiger partial charge in [-0.15, -0.1) is 0 Å². The monoisotopic (exact) mass is 363 g/mol. The van der Waals surface area contributed by atoms with Crippen LogP contribution in [-0.4, -0.2) is 68.8 Å². The van der Waals surface area contributed by atoms with Gasteiger partial charge in [-0.05, 0) is 55.8 Å². The number of hydrogen-bond acceptors (Lipinski definition) is 5. The van der Waals surface area contributed by atoms with Crippen LogP contribution in [0.4, 0.5) is 17.2 Å². The average molecular weight is 364 g/mol. The van der Waals surface area contributed by atoms with Crippen LogP contribution in [0.3, 0.4) is 0 Å². The molecule has 27 heavy (non-hydrogen) atoms. The summed E-state index contributed by atoms with van der Waals surface area (Å²) < 4.78 is 0. The molecular formula is C22H29N5. The molecule has 5 rings (SSSR count). The summed E-state index contributed by atoms with van der Waals surface area (Å²) in [5.41, 5.74) is 2.74. The highest BCUT2D eigenvalue weighted by atomic mass is 15.3. The first-order valence-corrected chi connectivity index (χ1v) is 10.2. The van der Waals surface area contributed by atoms with Crippen molar-refractivity contribution in [1.29, 1.82) is 0 Å². The molecule has 3 aliphatic rings. The van der Waals surface area contributed by atoms with Gasteiger partial charge in [-0.3, -0.25) is 0 Å². The molecule has 0 amide bonds. The van der Waals surface area contributed by atoms with Crippen molar-refractivity contribution >= 4 is 17.2 Å². The first-order chi connectivity index (χ1) is 13.3. The lowest BCUT2D eigenvalue weighted by atomic mass is 10.0. The Hall–Kier alpha value is -2.27. The molecule has 0 saturated carbocycles. The molecule has 0 unspecified atom stereocenters. The lowest BCUT2D eigenvalue weighted by Crippen LogP contribution is -2.46. The molecule has 0 N–H and O–H groups in total. The van der Waals surface area contributed by atoms with Gasteiger partial charge in [0.25, 0.3) is 0 Å². The topological polar surface area (TPSA) is 25.9 Å². The lowest BCUT2D eigenvalue weighted by molar-refractivity contribution is 0.386. The third-order valence-electron chi connectivity index (χ3n) is 6.53. The van der Waals surface area contributed by atoms with Crippen molar-refractivity contribution in [2.24, 2.45) is 5.92 Å². The second-order valence-corrected chi connectivity index (χ2v) is 8.21. The molecule has 2 atom stereocenters. The van der Waals surface area contributed by atoms with Crippen molar-refractivity contribution in [3.8, 4) is 0 Å². The van der Waals surface area contributed by atoms with E-state index in [-0.39, 0.29) is 0 Å². The SMILES string of the molecule is CN1C[C@H]2CCN(c3ccc(N4CCN(c5ccccn5)CC4)cc3)[C@H]2C1.